The summed E-state index contributed by atoms with van der Waals surface area (Å²) in [7, 11) is 2.17. The molecule has 3 heterocycles. The third kappa shape index (κ3) is 11.0. The number of likely N-dealkylation sites (N-methyl/N-ethyl adjacent to an activating group) is 1. The predicted molar refractivity (Wildman–Crippen MR) is 252 cm³/mol. The molecule has 0 spiro atoms. The third-order valence-corrected chi connectivity index (χ3v) is 13.2. The number of piperidine rings is 1. The molecule has 3 saturated heterocycles. The van der Waals surface area contributed by atoms with E-state index in [-0.39, 0.29) is 12.1 Å². The number of rotatable bonds is 16. The zero-order valence-electron chi connectivity index (χ0n) is 36.7. The minimum Gasteiger partial charge on any atom is -0.398 e. The van der Waals surface area contributed by atoms with Gasteiger partial charge in [-0.15, -0.1) is 13.2 Å². The molecule has 3 fully saturated rings. The number of benzene rings is 2. The Hall–Kier alpha value is -5.02. The second-order valence-corrected chi connectivity index (χ2v) is 17.5. The second kappa shape index (κ2) is 20.3. The fourth-order valence-corrected chi connectivity index (χ4v) is 9.77. The maximum Gasteiger partial charge on any atom is 0.118 e. The van der Waals surface area contributed by atoms with E-state index in [1.807, 2.05) is 12.2 Å². The van der Waals surface area contributed by atoms with E-state index in [1.54, 1.807) is 0 Å². The zero-order chi connectivity index (χ0) is 42.1. The van der Waals surface area contributed by atoms with E-state index < -0.39 is 0 Å². The first-order chi connectivity index (χ1) is 28.4. The first-order valence-corrected chi connectivity index (χ1v) is 22.1. The molecule has 0 bridgehead atoms. The van der Waals surface area contributed by atoms with Gasteiger partial charge in [-0.3, -0.25) is 4.90 Å². The van der Waals surface area contributed by atoms with Crippen LogP contribution >= 0.6 is 0 Å². The van der Waals surface area contributed by atoms with Crippen molar-refractivity contribution in [1.82, 2.24) is 14.7 Å². The minimum absolute atomic E-state index is 0.270. The average molecular weight is 800 g/mol. The molecule has 59 heavy (non-hydrogen) atoms. The zero-order valence-corrected chi connectivity index (χ0v) is 36.7. The summed E-state index contributed by atoms with van der Waals surface area (Å²) in [6.45, 7) is 28.2. The first-order valence-electron chi connectivity index (χ1n) is 22.1. The van der Waals surface area contributed by atoms with Crippen LogP contribution < -0.4 is 31.9 Å². The van der Waals surface area contributed by atoms with Crippen LogP contribution in [-0.2, 0) is 6.42 Å². The number of allylic oxidation sites excluding steroid dienone is 5. The van der Waals surface area contributed by atoms with Crippen molar-refractivity contribution in [3.8, 4) is 0 Å². The van der Waals surface area contributed by atoms with Crippen LogP contribution in [0.4, 0.5) is 17.1 Å². The van der Waals surface area contributed by atoms with Gasteiger partial charge in [0.15, 0.2) is 0 Å². The van der Waals surface area contributed by atoms with Gasteiger partial charge in [0.1, 0.15) is 5.82 Å². The molecule has 318 valence electrons. The standard InChI is InChI=1S/C50H73N9/c1-8-10-17-43(9-2)54(7)44-18-14-19-45(32-44)57-28-26-55(27-29-57)34-38(4)56-24-22-41(23-25-56)30-42-16-13-20-46(31-42)59-39(5)35-58(36-40(59)6)49(50(52)53)33-48(51)47-21-12-11-15-37(47)3/h8-9,13-16,18-21,31-33,39-41,43H,1-2,4,10-12,17,22-30,34-36,51-53H2,3,5-7H3/b48-33-. The van der Waals surface area contributed by atoms with Gasteiger partial charge < -0.3 is 41.7 Å². The van der Waals surface area contributed by atoms with E-state index in [1.165, 1.54) is 46.7 Å². The van der Waals surface area contributed by atoms with Gasteiger partial charge in [0.25, 0.3) is 0 Å². The van der Waals surface area contributed by atoms with Crippen LogP contribution in [0.25, 0.3) is 0 Å². The van der Waals surface area contributed by atoms with E-state index in [0.717, 1.165) is 108 Å². The van der Waals surface area contributed by atoms with Crippen LogP contribution in [0.1, 0.15) is 64.9 Å². The molecule has 4 aliphatic rings. The van der Waals surface area contributed by atoms with Gasteiger partial charge in [-0.2, -0.15) is 0 Å². The van der Waals surface area contributed by atoms with Crippen molar-refractivity contribution < 1.29 is 0 Å². The fraction of sp³-hybridized carbons (Fsp3) is 0.480. The minimum atomic E-state index is 0.270. The molecule has 9 nitrogen and oxygen atoms in total. The summed E-state index contributed by atoms with van der Waals surface area (Å²) in [4.78, 5) is 14.9. The number of anilines is 3. The molecule has 2 aromatic rings. The van der Waals surface area contributed by atoms with Crippen molar-refractivity contribution >= 4 is 17.1 Å². The van der Waals surface area contributed by atoms with E-state index >= 15 is 0 Å². The van der Waals surface area contributed by atoms with Crippen molar-refractivity contribution in [2.75, 3.05) is 80.7 Å². The Morgan fingerprint density at radius 1 is 0.864 bits per heavy atom. The van der Waals surface area contributed by atoms with E-state index in [0.29, 0.717) is 17.8 Å². The highest BCUT2D eigenvalue weighted by Gasteiger charge is 2.32. The van der Waals surface area contributed by atoms with Crippen molar-refractivity contribution in [3.63, 3.8) is 0 Å². The maximum absolute atomic E-state index is 6.63. The van der Waals surface area contributed by atoms with E-state index in [2.05, 4.69) is 144 Å². The molecule has 6 rings (SSSR count). The summed E-state index contributed by atoms with van der Waals surface area (Å²) in [5, 5.41) is 0. The number of hydrogen-bond acceptors (Lipinski definition) is 9. The molecule has 3 unspecified atom stereocenters. The summed E-state index contributed by atoms with van der Waals surface area (Å²) in [6.07, 6.45) is 18.1. The van der Waals surface area contributed by atoms with Gasteiger partial charge in [0.2, 0.25) is 0 Å². The average Bonchev–Trinajstić information content (AvgIpc) is 3.23. The van der Waals surface area contributed by atoms with Crippen LogP contribution in [0.2, 0.25) is 0 Å². The van der Waals surface area contributed by atoms with Crippen LogP contribution in [0, 0.1) is 5.92 Å². The van der Waals surface area contributed by atoms with Gasteiger partial charge >= 0.3 is 0 Å². The third-order valence-electron chi connectivity index (χ3n) is 13.2. The monoisotopic (exact) mass is 800 g/mol. The molecule has 0 aromatic heterocycles. The number of piperazine rings is 2. The lowest BCUT2D eigenvalue weighted by atomic mass is 9.89. The Labute approximate surface area is 356 Å². The summed E-state index contributed by atoms with van der Waals surface area (Å²) in [6, 6.07) is 19.1. The SMILES string of the molecule is C=CCCC(C=C)N(C)c1cccc(N2CCN(CC(=C)N3CCC(Cc4cccc(N5C(C)CN(C(/C=C(\N)C6=CCCC=C6C)=C(N)N)CC5C)c4)CC3)CC2)c1. The number of hydrogen-bond donors (Lipinski definition) is 3. The summed E-state index contributed by atoms with van der Waals surface area (Å²) in [5.41, 5.74) is 29.6. The van der Waals surface area contributed by atoms with E-state index in [9.17, 15) is 0 Å². The predicted octanol–water partition coefficient (Wildman–Crippen LogP) is 7.73. The molecular weight excluding hydrogens is 727 g/mol. The Kier molecular flexibility index (Phi) is 15.0. The lowest BCUT2D eigenvalue weighted by Crippen LogP contribution is -2.56. The molecule has 0 radical (unpaired) electrons. The van der Waals surface area contributed by atoms with Crippen LogP contribution in [0.3, 0.4) is 0 Å². The first kappa shape index (κ1) is 43.6. The highest BCUT2D eigenvalue weighted by Crippen LogP contribution is 2.32. The van der Waals surface area contributed by atoms with Crippen molar-refractivity contribution in [1.29, 1.82) is 0 Å². The Bertz CT molecular complexity index is 1870. The molecular formula is C50H73N9. The topological polar surface area (TPSA) is 97.5 Å². The second-order valence-electron chi connectivity index (χ2n) is 17.5. The van der Waals surface area contributed by atoms with Gasteiger partial charge in [-0.1, -0.05) is 49.1 Å². The normalized spacial score (nSPS) is 21.4. The van der Waals surface area contributed by atoms with Gasteiger partial charge in [-0.05, 0) is 125 Å². The summed E-state index contributed by atoms with van der Waals surface area (Å²) < 4.78 is 0. The smallest absolute Gasteiger partial charge is 0.118 e. The highest BCUT2D eigenvalue weighted by atomic mass is 15.3. The summed E-state index contributed by atoms with van der Waals surface area (Å²) in [5.74, 6) is 0.992. The van der Waals surface area contributed by atoms with Gasteiger partial charge in [0, 0.05) is 113 Å². The van der Waals surface area contributed by atoms with Gasteiger partial charge in [-0.25, -0.2) is 0 Å². The molecule has 2 aromatic carbocycles. The molecule has 6 N–H and O–H groups in total. The molecule has 9 heteroatoms. The molecule has 1 aliphatic carbocycles. The van der Waals surface area contributed by atoms with Crippen molar-refractivity contribution in [2.45, 2.75) is 83.8 Å². The molecule has 0 amide bonds. The van der Waals surface area contributed by atoms with E-state index in [4.69, 9.17) is 17.2 Å². The maximum atomic E-state index is 6.63. The number of nitrogens with zero attached hydrogens (tertiary/aromatic N) is 6. The lowest BCUT2D eigenvalue weighted by molar-refractivity contribution is 0.194. The van der Waals surface area contributed by atoms with Crippen LogP contribution in [0.5, 0.6) is 0 Å². The van der Waals surface area contributed by atoms with Crippen molar-refractivity contribution in [3.05, 3.63) is 138 Å². The van der Waals surface area contributed by atoms with Gasteiger partial charge in [0.05, 0.1) is 5.70 Å². The van der Waals surface area contributed by atoms with Crippen molar-refractivity contribution in [2.24, 2.45) is 23.1 Å². The largest absolute Gasteiger partial charge is 0.398 e. The Morgan fingerprint density at radius 2 is 1.54 bits per heavy atom. The number of nitrogens with two attached hydrogens (primary N) is 3. The highest BCUT2D eigenvalue weighted by molar-refractivity contribution is 5.60. The molecule has 3 atom stereocenters. The Morgan fingerprint density at radius 3 is 2.20 bits per heavy atom. The lowest BCUT2D eigenvalue weighted by Gasteiger charge is -2.47. The summed E-state index contributed by atoms with van der Waals surface area (Å²) >= 11 is 0. The Balaban J connectivity index is 0.964. The number of likely N-dealkylation sites (tertiary alicyclic amines) is 1. The quantitative estimate of drug-likeness (QED) is 0.117. The fourth-order valence-electron chi connectivity index (χ4n) is 9.77. The molecule has 0 saturated carbocycles. The molecule has 3 aliphatic heterocycles. The van der Waals surface area contributed by atoms with Crippen LogP contribution in [-0.4, -0.2) is 98.8 Å². The van der Waals surface area contributed by atoms with Crippen LogP contribution in [0.15, 0.2) is 133 Å².